The molecule has 0 N–H and O–H groups in total. The zero-order valence-electron chi connectivity index (χ0n) is 12.9. The largest absolute Gasteiger partial charge is 0.497 e. The highest BCUT2D eigenvalue weighted by Gasteiger charge is 2.22. The van der Waals surface area contributed by atoms with Crippen molar-refractivity contribution in [1.82, 2.24) is 4.90 Å². The molecular weight excluding hydrogens is 342 g/mol. The normalized spacial score (nSPS) is 19.1. The molecule has 0 fully saturated rings. The van der Waals surface area contributed by atoms with E-state index in [9.17, 15) is 0 Å². The first-order valence-electron chi connectivity index (χ1n) is 7.40. The molecule has 1 aliphatic rings. The SMILES string of the molecule is COc1ccc(C2OCCN(C)Cc3ccc(Br)cc32)cc1. The molecule has 0 aromatic heterocycles. The van der Waals surface area contributed by atoms with Crippen LogP contribution in [0.1, 0.15) is 22.8 Å². The van der Waals surface area contributed by atoms with Crippen LogP contribution in [0.2, 0.25) is 0 Å². The lowest BCUT2D eigenvalue weighted by Crippen LogP contribution is -2.27. The summed E-state index contributed by atoms with van der Waals surface area (Å²) < 4.78 is 12.5. The highest BCUT2D eigenvalue weighted by molar-refractivity contribution is 9.10. The van der Waals surface area contributed by atoms with Gasteiger partial charge in [0.2, 0.25) is 0 Å². The molecule has 1 atom stereocenters. The van der Waals surface area contributed by atoms with Crippen LogP contribution < -0.4 is 4.74 Å². The molecule has 0 saturated carbocycles. The summed E-state index contributed by atoms with van der Waals surface area (Å²) >= 11 is 3.58. The van der Waals surface area contributed by atoms with Crippen molar-refractivity contribution >= 4 is 15.9 Å². The van der Waals surface area contributed by atoms with Crippen molar-refractivity contribution in [3.63, 3.8) is 0 Å². The first-order valence-corrected chi connectivity index (χ1v) is 8.19. The highest BCUT2D eigenvalue weighted by atomic mass is 79.9. The van der Waals surface area contributed by atoms with Crippen molar-refractivity contribution in [3.8, 4) is 5.75 Å². The first-order chi connectivity index (χ1) is 10.7. The Hall–Kier alpha value is -1.36. The van der Waals surface area contributed by atoms with Gasteiger partial charge in [-0.05, 0) is 48.0 Å². The number of halogens is 1. The van der Waals surface area contributed by atoms with Crippen molar-refractivity contribution in [3.05, 3.63) is 63.6 Å². The Morgan fingerprint density at radius 3 is 2.68 bits per heavy atom. The van der Waals surface area contributed by atoms with E-state index in [4.69, 9.17) is 9.47 Å². The molecule has 0 saturated heterocycles. The maximum Gasteiger partial charge on any atom is 0.118 e. The van der Waals surface area contributed by atoms with Crippen molar-refractivity contribution in [1.29, 1.82) is 0 Å². The van der Waals surface area contributed by atoms with Crippen molar-refractivity contribution in [2.45, 2.75) is 12.6 Å². The summed E-state index contributed by atoms with van der Waals surface area (Å²) in [4.78, 5) is 2.29. The molecule has 0 amide bonds. The van der Waals surface area contributed by atoms with E-state index in [1.54, 1.807) is 7.11 Å². The summed E-state index contributed by atoms with van der Waals surface area (Å²) in [6, 6.07) is 14.6. The summed E-state index contributed by atoms with van der Waals surface area (Å²) in [6.45, 7) is 2.60. The molecule has 0 bridgehead atoms. The number of hydrogen-bond donors (Lipinski definition) is 0. The third kappa shape index (κ3) is 3.35. The minimum absolute atomic E-state index is 0.0351. The lowest BCUT2D eigenvalue weighted by molar-refractivity contribution is 0.0553. The van der Waals surface area contributed by atoms with Crippen LogP contribution in [0.25, 0.3) is 0 Å². The molecule has 22 heavy (non-hydrogen) atoms. The Balaban J connectivity index is 2.02. The maximum absolute atomic E-state index is 6.19. The maximum atomic E-state index is 6.19. The first kappa shape index (κ1) is 15.5. The van der Waals surface area contributed by atoms with Gasteiger partial charge in [0.25, 0.3) is 0 Å². The summed E-state index contributed by atoms with van der Waals surface area (Å²) in [5.74, 6) is 0.865. The molecule has 1 unspecified atom stereocenters. The zero-order valence-corrected chi connectivity index (χ0v) is 14.5. The molecule has 0 spiro atoms. The number of methoxy groups -OCH3 is 1. The van der Waals surface area contributed by atoms with E-state index in [0.717, 1.165) is 35.5 Å². The molecule has 0 radical (unpaired) electrons. The quantitative estimate of drug-likeness (QED) is 0.806. The molecule has 3 nitrogen and oxygen atoms in total. The van der Waals surface area contributed by atoms with Gasteiger partial charge >= 0.3 is 0 Å². The number of benzene rings is 2. The van der Waals surface area contributed by atoms with Crippen LogP contribution in [-0.2, 0) is 11.3 Å². The lowest BCUT2D eigenvalue weighted by atomic mass is 9.95. The summed E-state index contributed by atoms with van der Waals surface area (Å²) in [5.41, 5.74) is 3.70. The van der Waals surface area contributed by atoms with Crippen molar-refractivity contribution in [2.24, 2.45) is 0 Å². The van der Waals surface area contributed by atoms with Gasteiger partial charge in [0.1, 0.15) is 11.9 Å². The van der Waals surface area contributed by atoms with Crippen LogP contribution in [0.15, 0.2) is 46.9 Å². The predicted molar refractivity (Wildman–Crippen MR) is 91.3 cm³/mol. The number of ether oxygens (including phenoxy) is 2. The minimum atomic E-state index is -0.0351. The second-order valence-electron chi connectivity index (χ2n) is 5.60. The Kier molecular flexibility index (Phi) is 4.81. The fourth-order valence-electron chi connectivity index (χ4n) is 2.79. The zero-order chi connectivity index (χ0) is 15.5. The van der Waals surface area contributed by atoms with Crippen LogP contribution in [0.4, 0.5) is 0 Å². The molecule has 1 aliphatic heterocycles. The lowest BCUT2D eigenvalue weighted by Gasteiger charge is -2.28. The molecule has 2 aromatic carbocycles. The van der Waals surface area contributed by atoms with Gasteiger partial charge in [-0.25, -0.2) is 0 Å². The third-order valence-corrected chi connectivity index (χ3v) is 4.50. The van der Waals surface area contributed by atoms with Gasteiger partial charge in [-0.15, -0.1) is 0 Å². The minimum Gasteiger partial charge on any atom is -0.497 e. The third-order valence-electron chi connectivity index (χ3n) is 4.01. The van der Waals surface area contributed by atoms with E-state index in [1.165, 1.54) is 11.1 Å². The van der Waals surface area contributed by atoms with E-state index < -0.39 is 0 Å². The average molecular weight is 362 g/mol. The van der Waals surface area contributed by atoms with Gasteiger partial charge in [-0.2, -0.15) is 0 Å². The predicted octanol–water partition coefficient (Wildman–Crippen LogP) is 4.01. The number of likely N-dealkylation sites (N-methyl/N-ethyl adjacent to an activating group) is 1. The summed E-state index contributed by atoms with van der Waals surface area (Å²) in [5, 5.41) is 0. The van der Waals surface area contributed by atoms with E-state index in [2.05, 4.69) is 58.2 Å². The standard InChI is InChI=1S/C18H20BrNO2/c1-20-9-10-22-18(13-4-7-16(21-2)8-5-13)17-11-15(19)6-3-14(17)12-20/h3-8,11,18H,9-10,12H2,1-2H3. The van der Waals surface area contributed by atoms with E-state index in [0.29, 0.717) is 0 Å². The van der Waals surface area contributed by atoms with E-state index >= 15 is 0 Å². The van der Waals surface area contributed by atoms with Gasteiger partial charge < -0.3 is 9.47 Å². The molecule has 116 valence electrons. The van der Waals surface area contributed by atoms with Gasteiger partial charge in [0.15, 0.2) is 0 Å². The molecule has 3 rings (SSSR count). The molecule has 0 aliphatic carbocycles. The van der Waals surface area contributed by atoms with Crippen molar-refractivity contribution < 1.29 is 9.47 Å². The van der Waals surface area contributed by atoms with Gasteiger partial charge in [0.05, 0.1) is 13.7 Å². The van der Waals surface area contributed by atoms with Crippen LogP contribution in [0, 0.1) is 0 Å². The van der Waals surface area contributed by atoms with Crippen LogP contribution >= 0.6 is 15.9 Å². The topological polar surface area (TPSA) is 21.7 Å². The fourth-order valence-corrected chi connectivity index (χ4v) is 3.17. The Morgan fingerprint density at radius 1 is 1.18 bits per heavy atom. The smallest absolute Gasteiger partial charge is 0.118 e. The van der Waals surface area contributed by atoms with Gasteiger partial charge in [-0.3, -0.25) is 4.90 Å². The second kappa shape index (κ2) is 6.82. The average Bonchev–Trinajstić information content (AvgIpc) is 2.52. The van der Waals surface area contributed by atoms with Crippen LogP contribution in [-0.4, -0.2) is 32.2 Å². The van der Waals surface area contributed by atoms with Gasteiger partial charge in [-0.1, -0.05) is 34.1 Å². The second-order valence-corrected chi connectivity index (χ2v) is 6.52. The fraction of sp³-hybridized carbons (Fsp3) is 0.333. The summed E-state index contributed by atoms with van der Waals surface area (Å²) in [6.07, 6.45) is -0.0351. The summed E-state index contributed by atoms with van der Waals surface area (Å²) in [7, 11) is 3.81. The monoisotopic (exact) mass is 361 g/mol. The van der Waals surface area contributed by atoms with E-state index in [1.807, 2.05) is 12.1 Å². The van der Waals surface area contributed by atoms with Gasteiger partial charge in [0, 0.05) is 17.6 Å². The van der Waals surface area contributed by atoms with Crippen molar-refractivity contribution in [2.75, 3.05) is 27.3 Å². The highest BCUT2D eigenvalue weighted by Crippen LogP contribution is 2.33. The Bertz CT molecular complexity index is 642. The van der Waals surface area contributed by atoms with E-state index in [-0.39, 0.29) is 6.10 Å². The number of hydrogen-bond acceptors (Lipinski definition) is 3. The number of nitrogens with zero attached hydrogens (tertiary/aromatic N) is 1. The Morgan fingerprint density at radius 2 is 1.95 bits per heavy atom. The molecule has 1 heterocycles. The molecular formula is C18H20BrNO2. The number of rotatable bonds is 2. The number of fused-ring (bicyclic) bond motifs is 1. The molecule has 4 heteroatoms. The van der Waals surface area contributed by atoms with Crippen LogP contribution in [0.5, 0.6) is 5.75 Å². The Labute approximate surface area is 140 Å². The van der Waals surface area contributed by atoms with Crippen LogP contribution in [0.3, 0.4) is 0 Å². The molecule has 2 aromatic rings.